The molecule has 0 fully saturated rings. The second-order valence-corrected chi connectivity index (χ2v) is 14.4. The van der Waals surface area contributed by atoms with E-state index in [0.717, 1.165) is 17.1 Å². The molecule has 0 aliphatic carbocycles. The summed E-state index contributed by atoms with van der Waals surface area (Å²) in [5.74, 6) is -11.9. The predicted molar refractivity (Wildman–Crippen MR) is 236 cm³/mol. The van der Waals surface area contributed by atoms with Crippen molar-refractivity contribution in [2.75, 3.05) is 126 Å². The molecule has 0 saturated heterocycles. The Morgan fingerprint density at radius 3 is 1.68 bits per heavy atom. The van der Waals surface area contributed by atoms with Gasteiger partial charge in [-0.2, -0.15) is 8.78 Å². The molecule has 0 spiro atoms. The Labute approximate surface area is 398 Å². The molecule has 0 bridgehead atoms. The molecule has 1 atom stereocenters. The molecule has 1 heterocycles. The van der Waals surface area contributed by atoms with Crippen LogP contribution in [0, 0.1) is 23.3 Å². The number of ether oxygens (including phenoxy) is 10. The van der Waals surface area contributed by atoms with Crippen molar-refractivity contribution in [3.63, 3.8) is 0 Å². The minimum atomic E-state index is -1.88. The largest absolute Gasteiger partial charge is 0.482 e. The Morgan fingerprint density at radius 2 is 1.13 bits per heavy atom. The number of hydrogen-bond acceptors (Lipinski definition) is 16. The smallest absolute Gasteiger partial charge is 0.349 e. The quantitative estimate of drug-likeness (QED) is 0.0246. The topological polar surface area (TPSA) is 222 Å². The van der Waals surface area contributed by atoms with Gasteiger partial charge in [0.15, 0.2) is 24.0 Å². The second-order valence-electron chi connectivity index (χ2n) is 14.4. The molecule has 23 heteroatoms. The summed E-state index contributed by atoms with van der Waals surface area (Å²) in [5.41, 5.74) is 0.604. The lowest BCUT2D eigenvalue weighted by Gasteiger charge is -2.18. The summed E-state index contributed by atoms with van der Waals surface area (Å²) in [5, 5.41) is 5.41. The van der Waals surface area contributed by atoms with Crippen LogP contribution >= 0.6 is 0 Å². The fourth-order valence-electron chi connectivity index (χ4n) is 5.75. The Bertz CT molecular complexity index is 1870. The SMILES string of the molecule is C.COCCOCCOCCOCCCC(=O)[C@H](Cc1ccc(OCC(=O)Oc2c(F)c(F)cc(F)c2F)cc1)NC(=O)CCOCCOCCOCCOCCNC(=O)CCN1C(=O)C=CC1=O. The van der Waals surface area contributed by atoms with Crippen LogP contribution < -0.4 is 20.1 Å². The minimum absolute atomic E-state index is 0. The van der Waals surface area contributed by atoms with Gasteiger partial charge in [-0.25, -0.2) is 13.6 Å². The lowest BCUT2D eigenvalue weighted by atomic mass is 9.99. The number of rotatable bonds is 39. The molecule has 1 aliphatic rings. The molecule has 0 aromatic heterocycles. The normalized spacial score (nSPS) is 12.5. The van der Waals surface area contributed by atoms with Crippen LogP contribution in [0.15, 0.2) is 42.5 Å². The Morgan fingerprint density at radius 1 is 0.623 bits per heavy atom. The zero-order valence-corrected chi connectivity index (χ0v) is 37.9. The predicted octanol–water partition coefficient (Wildman–Crippen LogP) is 2.82. The van der Waals surface area contributed by atoms with Gasteiger partial charge in [0.1, 0.15) is 5.75 Å². The molecule has 3 rings (SSSR count). The van der Waals surface area contributed by atoms with Crippen molar-refractivity contribution >= 4 is 35.4 Å². The first-order valence-electron chi connectivity index (χ1n) is 21.8. The van der Waals surface area contributed by atoms with Crippen LogP contribution in [0.2, 0.25) is 0 Å². The number of Topliss-reactive ketones (excluding diaryl/α,β-unsaturated/α-hetero) is 1. The van der Waals surface area contributed by atoms with Gasteiger partial charge in [-0.15, -0.1) is 0 Å². The van der Waals surface area contributed by atoms with Crippen molar-refractivity contribution in [1.29, 1.82) is 0 Å². The summed E-state index contributed by atoms with van der Waals surface area (Å²) < 4.78 is 108. The molecule has 69 heavy (non-hydrogen) atoms. The van der Waals surface area contributed by atoms with Gasteiger partial charge in [0.2, 0.25) is 29.2 Å². The first-order valence-corrected chi connectivity index (χ1v) is 21.8. The summed E-state index contributed by atoms with van der Waals surface area (Å²) in [6.07, 6.45) is 2.83. The third-order valence-corrected chi connectivity index (χ3v) is 9.24. The fourth-order valence-corrected chi connectivity index (χ4v) is 5.75. The van der Waals surface area contributed by atoms with Gasteiger partial charge in [0.25, 0.3) is 11.8 Å². The summed E-state index contributed by atoms with van der Waals surface area (Å²) in [4.78, 5) is 74.3. The Hall–Kier alpha value is -5.40. The molecular weight excluding hydrogens is 927 g/mol. The zero-order chi connectivity index (χ0) is 49.4. The average molecular weight is 990 g/mol. The monoisotopic (exact) mass is 989 g/mol. The van der Waals surface area contributed by atoms with E-state index in [1.807, 2.05) is 0 Å². The molecule has 2 aromatic rings. The molecule has 2 N–H and O–H groups in total. The Balaban J connectivity index is 0.0000163. The number of nitrogens with one attached hydrogen (secondary N) is 2. The molecule has 386 valence electrons. The minimum Gasteiger partial charge on any atom is -0.482 e. The summed E-state index contributed by atoms with van der Waals surface area (Å²) >= 11 is 0. The van der Waals surface area contributed by atoms with E-state index in [9.17, 15) is 46.3 Å². The van der Waals surface area contributed by atoms with Crippen molar-refractivity contribution in [2.24, 2.45) is 0 Å². The molecule has 1 aliphatic heterocycles. The lowest BCUT2D eigenvalue weighted by Crippen LogP contribution is -2.42. The average Bonchev–Trinajstić information content (AvgIpc) is 3.65. The summed E-state index contributed by atoms with van der Waals surface area (Å²) in [7, 11) is 1.58. The maximum absolute atomic E-state index is 13.9. The van der Waals surface area contributed by atoms with Gasteiger partial charge >= 0.3 is 5.97 Å². The number of amides is 4. The fraction of sp³-hybridized carbons (Fsp3) is 0.565. The van der Waals surface area contributed by atoms with Gasteiger partial charge in [-0.05, 0) is 30.5 Å². The van der Waals surface area contributed by atoms with Crippen LogP contribution in [-0.4, -0.2) is 172 Å². The van der Waals surface area contributed by atoms with Crippen molar-refractivity contribution in [3.05, 3.63) is 71.3 Å². The first-order chi connectivity index (χ1) is 32.9. The van der Waals surface area contributed by atoms with Crippen LogP contribution in [0.3, 0.4) is 0 Å². The number of ketones is 1. The highest BCUT2D eigenvalue weighted by Crippen LogP contribution is 2.26. The number of esters is 1. The van der Waals surface area contributed by atoms with E-state index in [4.69, 9.17) is 42.6 Å². The van der Waals surface area contributed by atoms with Gasteiger partial charge in [0, 0.05) is 64.3 Å². The third kappa shape index (κ3) is 25.2. The lowest BCUT2D eigenvalue weighted by molar-refractivity contribution is -0.138. The number of carbonyl (C=O) groups excluding carboxylic acids is 6. The van der Waals surface area contributed by atoms with Crippen LogP contribution in [0.1, 0.15) is 38.7 Å². The van der Waals surface area contributed by atoms with Crippen molar-refractivity contribution in [1.82, 2.24) is 15.5 Å². The van der Waals surface area contributed by atoms with E-state index in [1.165, 1.54) is 12.1 Å². The van der Waals surface area contributed by atoms with Crippen LogP contribution in [-0.2, 0) is 73.1 Å². The Kier molecular flexibility index (Phi) is 30.9. The van der Waals surface area contributed by atoms with Gasteiger partial charge in [-0.3, -0.25) is 28.9 Å². The van der Waals surface area contributed by atoms with E-state index in [2.05, 4.69) is 15.4 Å². The summed E-state index contributed by atoms with van der Waals surface area (Å²) in [6, 6.07) is 5.07. The molecule has 2 aromatic carbocycles. The molecular formula is C46H63F4N3O16. The first kappa shape index (κ1) is 59.7. The second kappa shape index (κ2) is 35.7. The molecule has 19 nitrogen and oxygen atoms in total. The van der Waals surface area contributed by atoms with Gasteiger partial charge in [0.05, 0.1) is 98.5 Å². The molecule has 0 radical (unpaired) electrons. The highest BCUT2D eigenvalue weighted by molar-refractivity contribution is 6.13. The number of imide groups is 1. The van der Waals surface area contributed by atoms with Gasteiger partial charge < -0.3 is 58.0 Å². The van der Waals surface area contributed by atoms with E-state index in [-0.39, 0.29) is 116 Å². The molecule has 4 amide bonds. The van der Waals surface area contributed by atoms with E-state index >= 15 is 0 Å². The van der Waals surface area contributed by atoms with Crippen LogP contribution in [0.25, 0.3) is 0 Å². The number of methoxy groups -OCH3 is 1. The van der Waals surface area contributed by atoms with E-state index in [1.54, 1.807) is 19.2 Å². The highest BCUT2D eigenvalue weighted by Gasteiger charge is 2.25. The molecule has 0 unspecified atom stereocenters. The van der Waals surface area contributed by atoms with Crippen molar-refractivity contribution in [2.45, 2.75) is 45.6 Å². The zero-order valence-electron chi connectivity index (χ0n) is 37.9. The number of benzene rings is 2. The maximum Gasteiger partial charge on any atom is 0.349 e. The van der Waals surface area contributed by atoms with Crippen LogP contribution in [0.4, 0.5) is 17.6 Å². The van der Waals surface area contributed by atoms with Crippen molar-refractivity contribution in [3.8, 4) is 11.5 Å². The van der Waals surface area contributed by atoms with E-state index in [0.29, 0.717) is 64.8 Å². The number of carbonyl (C=O) groups is 6. The standard InChI is InChI=1S/C45H59F4N3O16.CH4/c1-59-17-18-63-25-26-64-22-19-60-14-2-3-37(53)36(29-32-4-6-33(7-5-32)67-31-42(58)68-45-43(48)34(46)30-35(47)44(45)49)51-39(55)11-15-61-20-23-65-27-28-66-24-21-62-16-12-50-38(54)10-13-52-40(56)8-9-41(52)57;/h4-9,30,36H,2-3,10-29,31H2,1H3,(H,50,54)(H,51,55);1H4/t36-;/m0./s1. The summed E-state index contributed by atoms with van der Waals surface area (Å²) in [6.45, 7) is 4.01. The van der Waals surface area contributed by atoms with Crippen LogP contribution in [0.5, 0.6) is 11.5 Å². The number of halogens is 4. The van der Waals surface area contributed by atoms with Crippen molar-refractivity contribution < 1.29 is 93.7 Å². The maximum atomic E-state index is 13.9. The number of hydrogen-bond donors (Lipinski definition) is 2. The third-order valence-electron chi connectivity index (χ3n) is 9.24. The van der Waals surface area contributed by atoms with E-state index < -0.39 is 65.4 Å². The molecule has 0 saturated carbocycles. The number of nitrogens with zero attached hydrogens (tertiary/aromatic N) is 1. The highest BCUT2D eigenvalue weighted by atomic mass is 19.2. The van der Waals surface area contributed by atoms with Gasteiger partial charge in [-0.1, -0.05) is 19.6 Å².